The molecule has 0 spiro atoms. The zero-order valence-corrected chi connectivity index (χ0v) is 14.6. The number of rotatable bonds is 2. The zero-order chi connectivity index (χ0) is 17.0. The van der Waals surface area contributed by atoms with Crippen LogP contribution in [0.5, 0.6) is 0 Å². The second-order valence-corrected chi connectivity index (χ2v) is 7.43. The SMILES string of the molecule is Cc1cc2c(s1)c1cnn(Cc3cc(Cl)ccc3F)c(=O)c1n2C. The Morgan fingerprint density at radius 2 is 2.12 bits per heavy atom. The molecule has 0 saturated heterocycles. The van der Waals surface area contributed by atoms with Crippen molar-refractivity contribution < 1.29 is 4.39 Å². The standard InChI is InChI=1S/C17H13ClFN3OS/c1-9-5-14-16(24-9)12-7-20-22(17(23)15(12)21(14)2)8-10-6-11(18)3-4-13(10)19/h3-7H,8H2,1-2H3. The molecule has 0 radical (unpaired) electrons. The maximum Gasteiger partial charge on any atom is 0.291 e. The minimum atomic E-state index is -0.406. The smallest absolute Gasteiger partial charge is 0.291 e. The number of benzene rings is 1. The molecule has 122 valence electrons. The minimum Gasteiger partial charge on any atom is -0.338 e. The van der Waals surface area contributed by atoms with Crippen molar-refractivity contribution in [2.45, 2.75) is 13.5 Å². The van der Waals surface area contributed by atoms with Gasteiger partial charge in [-0.1, -0.05) is 11.6 Å². The molecule has 1 aromatic carbocycles. The van der Waals surface area contributed by atoms with E-state index in [1.807, 2.05) is 18.5 Å². The minimum absolute atomic E-state index is 0.0407. The maximum atomic E-state index is 13.9. The van der Waals surface area contributed by atoms with Crippen molar-refractivity contribution in [3.8, 4) is 0 Å². The fraction of sp³-hybridized carbons (Fsp3) is 0.176. The van der Waals surface area contributed by atoms with Crippen LogP contribution in [0.3, 0.4) is 0 Å². The summed E-state index contributed by atoms with van der Waals surface area (Å²) in [5.41, 5.74) is 1.69. The summed E-state index contributed by atoms with van der Waals surface area (Å²) in [4.78, 5) is 14.0. The molecule has 0 aliphatic rings. The highest BCUT2D eigenvalue weighted by molar-refractivity contribution is 7.20. The van der Waals surface area contributed by atoms with E-state index in [-0.39, 0.29) is 12.1 Å². The fourth-order valence-corrected chi connectivity index (χ4v) is 4.22. The van der Waals surface area contributed by atoms with Crippen molar-refractivity contribution in [3.05, 3.63) is 62.1 Å². The summed E-state index contributed by atoms with van der Waals surface area (Å²) in [7, 11) is 1.86. The normalized spacial score (nSPS) is 11.7. The van der Waals surface area contributed by atoms with E-state index in [1.54, 1.807) is 17.5 Å². The van der Waals surface area contributed by atoms with Gasteiger partial charge in [-0.15, -0.1) is 11.3 Å². The highest BCUT2D eigenvalue weighted by Crippen LogP contribution is 2.32. The molecular formula is C17H13ClFN3OS. The number of hydrogen-bond donors (Lipinski definition) is 0. The molecule has 0 unspecified atom stereocenters. The molecule has 4 rings (SSSR count). The molecule has 0 bridgehead atoms. The summed E-state index contributed by atoms with van der Waals surface area (Å²) in [6.45, 7) is 2.08. The molecule has 0 atom stereocenters. The van der Waals surface area contributed by atoms with Gasteiger partial charge in [-0.2, -0.15) is 5.10 Å². The van der Waals surface area contributed by atoms with Gasteiger partial charge in [-0.3, -0.25) is 4.79 Å². The van der Waals surface area contributed by atoms with Crippen molar-refractivity contribution in [1.29, 1.82) is 0 Å². The highest BCUT2D eigenvalue weighted by Gasteiger charge is 2.16. The Morgan fingerprint density at radius 1 is 1.33 bits per heavy atom. The second kappa shape index (κ2) is 5.43. The predicted octanol–water partition coefficient (Wildman–Crippen LogP) is 4.10. The van der Waals surface area contributed by atoms with E-state index in [1.165, 1.54) is 27.8 Å². The Kier molecular flexibility index (Phi) is 3.47. The monoisotopic (exact) mass is 361 g/mol. The van der Waals surface area contributed by atoms with Crippen LogP contribution >= 0.6 is 22.9 Å². The van der Waals surface area contributed by atoms with Crippen LogP contribution in [-0.4, -0.2) is 14.3 Å². The molecule has 4 nitrogen and oxygen atoms in total. The second-order valence-electron chi connectivity index (χ2n) is 5.74. The molecule has 0 aliphatic carbocycles. The van der Waals surface area contributed by atoms with Gasteiger partial charge >= 0.3 is 0 Å². The predicted molar refractivity (Wildman–Crippen MR) is 95.6 cm³/mol. The first-order valence-corrected chi connectivity index (χ1v) is 8.53. The number of fused-ring (bicyclic) bond motifs is 3. The summed E-state index contributed by atoms with van der Waals surface area (Å²) < 4.78 is 18.1. The average Bonchev–Trinajstić information content (AvgIpc) is 3.04. The lowest BCUT2D eigenvalue weighted by Crippen LogP contribution is -2.24. The van der Waals surface area contributed by atoms with Crippen molar-refractivity contribution in [3.63, 3.8) is 0 Å². The van der Waals surface area contributed by atoms with Crippen LogP contribution < -0.4 is 5.56 Å². The van der Waals surface area contributed by atoms with Gasteiger partial charge in [-0.05, 0) is 31.2 Å². The van der Waals surface area contributed by atoms with Gasteiger partial charge in [0.05, 0.1) is 23.0 Å². The van der Waals surface area contributed by atoms with Crippen LogP contribution in [0.25, 0.3) is 21.1 Å². The van der Waals surface area contributed by atoms with E-state index < -0.39 is 5.82 Å². The first kappa shape index (κ1) is 15.4. The van der Waals surface area contributed by atoms with E-state index >= 15 is 0 Å². The maximum absolute atomic E-state index is 13.9. The van der Waals surface area contributed by atoms with Crippen LogP contribution in [0, 0.1) is 12.7 Å². The molecule has 0 saturated carbocycles. The lowest BCUT2D eigenvalue weighted by atomic mass is 10.2. The molecule has 0 fully saturated rings. The Balaban J connectivity index is 1.91. The Morgan fingerprint density at radius 3 is 2.92 bits per heavy atom. The van der Waals surface area contributed by atoms with Gasteiger partial charge in [0.25, 0.3) is 5.56 Å². The molecule has 0 aliphatic heterocycles. The molecule has 0 N–H and O–H groups in total. The van der Waals surface area contributed by atoms with E-state index in [9.17, 15) is 9.18 Å². The van der Waals surface area contributed by atoms with Crippen LogP contribution in [0.2, 0.25) is 5.02 Å². The third kappa shape index (κ3) is 2.25. The molecule has 0 amide bonds. The van der Waals surface area contributed by atoms with Gasteiger partial charge in [-0.25, -0.2) is 9.07 Å². The van der Waals surface area contributed by atoms with Crippen molar-refractivity contribution in [1.82, 2.24) is 14.3 Å². The first-order chi connectivity index (χ1) is 11.5. The third-order valence-electron chi connectivity index (χ3n) is 4.12. The van der Waals surface area contributed by atoms with Gasteiger partial charge in [0, 0.05) is 27.9 Å². The van der Waals surface area contributed by atoms with Crippen LogP contribution in [-0.2, 0) is 13.6 Å². The topological polar surface area (TPSA) is 39.8 Å². The summed E-state index contributed by atoms with van der Waals surface area (Å²) in [5.74, 6) is -0.406. The molecule has 24 heavy (non-hydrogen) atoms. The number of nitrogens with zero attached hydrogens (tertiary/aromatic N) is 3. The Bertz CT molecular complexity index is 1160. The lowest BCUT2D eigenvalue weighted by Gasteiger charge is -2.07. The summed E-state index contributed by atoms with van der Waals surface area (Å²) >= 11 is 7.56. The molecule has 4 aromatic rings. The summed E-state index contributed by atoms with van der Waals surface area (Å²) in [5, 5.41) is 5.49. The lowest BCUT2D eigenvalue weighted by molar-refractivity contribution is 0.574. The van der Waals surface area contributed by atoms with Crippen molar-refractivity contribution in [2.75, 3.05) is 0 Å². The number of aryl methyl sites for hydroxylation is 2. The third-order valence-corrected chi connectivity index (χ3v) is 5.43. The van der Waals surface area contributed by atoms with E-state index in [2.05, 4.69) is 11.2 Å². The number of aromatic nitrogens is 3. The summed E-state index contributed by atoms with van der Waals surface area (Å²) in [6, 6.07) is 6.35. The highest BCUT2D eigenvalue weighted by atomic mass is 35.5. The van der Waals surface area contributed by atoms with Gasteiger partial charge in [0.15, 0.2) is 0 Å². The summed E-state index contributed by atoms with van der Waals surface area (Å²) in [6.07, 6.45) is 1.68. The van der Waals surface area contributed by atoms with Gasteiger partial charge in [0.2, 0.25) is 0 Å². The number of thiophene rings is 1. The Labute approximate surface area is 145 Å². The van der Waals surface area contributed by atoms with E-state index in [4.69, 9.17) is 11.6 Å². The van der Waals surface area contributed by atoms with E-state index in [0.717, 1.165) is 15.6 Å². The zero-order valence-electron chi connectivity index (χ0n) is 13.0. The molecule has 3 aromatic heterocycles. The van der Waals surface area contributed by atoms with Crippen LogP contribution in [0.4, 0.5) is 4.39 Å². The van der Waals surface area contributed by atoms with Gasteiger partial charge < -0.3 is 4.57 Å². The fourth-order valence-electron chi connectivity index (χ4n) is 2.97. The van der Waals surface area contributed by atoms with E-state index in [0.29, 0.717) is 16.1 Å². The van der Waals surface area contributed by atoms with Crippen LogP contribution in [0.15, 0.2) is 35.3 Å². The largest absolute Gasteiger partial charge is 0.338 e. The van der Waals surface area contributed by atoms with Crippen molar-refractivity contribution in [2.24, 2.45) is 7.05 Å². The van der Waals surface area contributed by atoms with Crippen molar-refractivity contribution >= 4 is 44.1 Å². The van der Waals surface area contributed by atoms with Crippen LogP contribution in [0.1, 0.15) is 10.4 Å². The number of halogens is 2. The molecular weight excluding hydrogens is 349 g/mol. The van der Waals surface area contributed by atoms with Gasteiger partial charge in [0.1, 0.15) is 11.3 Å². The number of hydrogen-bond acceptors (Lipinski definition) is 3. The average molecular weight is 362 g/mol. The molecule has 3 heterocycles. The first-order valence-electron chi connectivity index (χ1n) is 7.34. The quantitative estimate of drug-likeness (QED) is 0.539. The Hall–Kier alpha value is -2.18. The molecule has 7 heteroatoms.